The number of allylic oxidation sites excluding steroid dienone is 2. The molecule has 0 saturated carbocycles. The molecule has 148 valence electrons. The Balaban J connectivity index is 0.00000190. The van der Waals surface area contributed by atoms with E-state index in [9.17, 15) is 14.9 Å². The van der Waals surface area contributed by atoms with Crippen LogP contribution in [0.2, 0.25) is 0 Å². The number of hydrogen-bond acceptors (Lipinski definition) is 7. The Morgan fingerprint density at radius 2 is 1.96 bits per heavy atom. The van der Waals surface area contributed by atoms with Crippen molar-refractivity contribution in [2.75, 3.05) is 11.9 Å². The number of carbonyl (C=O) groups excluding carboxylic acids is 1. The van der Waals surface area contributed by atoms with Gasteiger partial charge in [-0.1, -0.05) is 26.0 Å². The number of nitro groups is 1. The van der Waals surface area contributed by atoms with Gasteiger partial charge >= 0.3 is 11.7 Å². The fourth-order valence-electron chi connectivity index (χ4n) is 1.97. The highest BCUT2D eigenvalue weighted by molar-refractivity contribution is 5.66. The summed E-state index contributed by atoms with van der Waals surface area (Å²) in [5.41, 5.74) is 1.82. The highest BCUT2D eigenvalue weighted by Crippen LogP contribution is 2.25. The van der Waals surface area contributed by atoms with Crippen molar-refractivity contribution < 1.29 is 14.5 Å². The zero-order chi connectivity index (χ0) is 20.9. The van der Waals surface area contributed by atoms with Gasteiger partial charge in [-0.15, -0.1) is 0 Å². The average molecular weight is 384 g/mol. The monoisotopic (exact) mass is 384 g/mol. The first-order chi connectivity index (χ1) is 13.5. The van der Waals surface area contributed by atoms with Crippen LogP contribution in [0.4, 0.5) is 11.5 Å². The van der Waals surface area contributed by atoms with E-state index >= 15 is 0 Å². The summed E-state index contributed by atoms with van der Waals surface area (Å²) < 4.78 is 4.86. The van der Waals surface area contributed by atoms with Crippen LogP contribution in [0.15, 0.2) is 60.5 Å². The molecule has 2 rings (SSSR count). The van der Waals surface area contributed by atoms with Crippen LogP contribution in [-0.4, -0.2) is 27.5 Å². The van der Waals surface area contributed by atoms with Crippen molar-refractivity contribution in [1.82, 2.24) is 9.97 Å². The molecule has 2 aromatic heterocycles. The van der Waals surface area contributed by atoms with E-state index in [0.717, 1.165) is 5.57 Å². The Labute approximate surface area is 164 Å². The fraction of sp³-hybridized carbons (Fsp3) is 0.250. The molecule has 0 aliphatic heterocycles. The number of anilines is 1. The van der Waals surface area contributed by atoms with E-state index < -0.39 is 4.92 Å². The largest absolute Gasteiger partial charge is 0.461 e. The van der Waals surface area contributed by atoms with Gasteiger partial charge < -0.3 is 10.1 Å². The Bertz CT molecular complexity index is 849. The van der Waals surface area contributed by atoms with E-state index in [1.807, 2.05) is 19.9 Å². The predicted molar refractivity (Wildman–Crippen MR) is 109 cm³/mol. The lowest BCUT2D eigenvalue weighted by Gasteiger charge is -2.05. The fourth-order valence-corrected chi connectivity index (χ4v) is 1.97. The van der Waals surface area contributed by atoms with Crippen molar-refractivity contribution in [3.63, 3.8) is 0 Å². The summed E-state index contributed by atoms with van der Waals surface area (Å²) in [6.45, 7) is 7.33. The summed E-state index contributed by atoms with van der Waals surface area (Å²) in [6.07, 6.45) is 6.53. The van der Waals surface area contributed by atoms with Crippen LogP contribution in [0.3, 0.4) is 0 Å². The Morgan fingerprint density at radius 3 is 2.57 bits per heavy atom. The minimum atomic E-state index is -0.507. The molecule has 0 unspecified atom stereocenters. The highest BCUT2D eigenvalue weighted by Gasteiger charge is 2.16. The van der Waals surface area contributed by atoms with E-state index in [4.69, 9.17) is 4.74 Å². The molecular weight excluding hydrogens is 360 g/mol. The molecule has 8 nitrogen and oxygen atoms in total. The lowest BCUT2D eigenvalue weighted by molar-refractivity contribution is -0.384. The van der Waals surface area contributed by atoms with Crippen LogP contribution in [0.5, 0.6) is 0 Å². The Hall–Kier alpha value is -3.55. The molecule has 0 aliphatic carbocycles. The number of hydrogen-bond donors (Lipinski definition) is 1. The maximum atomic E-state index is 11.2. The normalized spacial score (nSPS) is 10.8. The third-order valence-electron chi connectivity index (χ3n) is 3.20. The van der Waals surface area contributed by atoms with Crippen molar-refractivity contribution in [3.05, 3.63) is 70.6 Å². The second-order valence-corrected chi connectivity index (χ2v) is 5.33. The van der Waals surface area contributed by atoms with Crippen molar-refractivity contribution >= 4 is 17.5 Å². The van der Waals surface area contributed by atoms with Crippen LogP contribution in [-0.2, 0) is 9.53 Å². The molecule has 0 atom stereocenters. The average Bonchev–Trinajstić information content (AvgIpc) is 2.71. The van der Waals surface area contributed by atoms with E-state index in [0.29, 0.717) is 11.4 Å². The van der Waals surface area contributed by atoms with E-state index in [1.165, 1.54) is 19.2 Å². The smallest absolute Gasteiger partial charge is 0.311 e. The minimum Gasteiger partial charge on any atom is -0.461 e. The van der Waals surface area contributed by atoms with Gasteiger partial charge in [0.05, 0.1) is 16.3 Å². The number of nitrogens with zero attached hydrogens (tertiary/aromatic N) is 3. The number of pyridine rings is 2. The van der Waals surface area contributed by atoms with Crippen LogP contribution in [0.1, 0.15) is 27.7 Å². The molecule has 0 spiro atoms. The maximum Gasteiger partial charge on any atom is 0.311 e. The van der Waals surface area contributed by atoms with Crippen molar-refractivity contribution in [2.45, 2.75) is 27.7 Å². The lowest BCUT2D eigenvalue weighted by Crippen LogP contribution is -2.01. The first kappa shape index (κ1) is 22.5. The summed E-state index contributed by atoms with van der Waals surface area (Å²) in [4.78, 5) is 29.9. The van der Waals surface area contributed by atoms with Crippen LogP contribution in [0.25, 0.3) is 11.4 Å². The Kier molecular flexibility index (Phi) is 9.60. The third kappa shape index (κ3) is 7.36. The number of ether oxygens (including phenoxy) is 1. The number of carbonyl (C=O) groups is 1. The summed E-state index contributed by atoms with van der Waals surface area (Å²) in [6, 6.07) is 8.30. The van der Waals surface area contributed by atoms with E-state index in [-0.39, 0.29) is 24.1 Å². The minimum absolute atomic E-state index is 0.112. The van der Waals surface area contributed by atoms with Gasteiger partial charge in [-0.05, 0) is 36.8 Å². The van der Waals surface area contributed by atoms with Gasteiger partial charge in [0.15, 0.2) is 0 Å². The first-order valence-corrected chi connectivity index (χ1v) is 8.76. The molecule has 28 heavy (non-hydrogen) atoms. The summed E-state index contributed by atoms with van der Waals surface area (Å²) in [7, 11) is 0. The van der Waals surface area contributed by atoms with E-state index in [2.05, 4.69) is 15.3 Å². The lowest BCUT2D eigenvalue weighted by atomic mass is 10.2. The Morgan fingerprint density at radius 1 is 1.21 bits per heavy atom. The van der Waals surface area contributed by atoms with Crippen LogP contribution < -0.4 is 5.32 Å². The van der Waals surface area contributed by atoms with Crippen molar-refractivity contribution in [1.29, 1.82) is 0 Å². The molecule has 0 amide bonds. The molecule has 0 aromatic carbocycles. The molecule has 0 aliphatic rings. The second kappa shape index (κ2) is 11.9. The SMILES string of the molecule is CC.CC(=O)OC/C(C)=C/C=C/Nc1nc(-c2ccccn2)ccc1[N+](=O)[O-]. The van der Waals surface area contributed by atoms with Gasteiger partial charge in [-0.2, -0.15) is 0 Å². The molecule has 0 radical (unpaired) electrons. The van der Waals surface area contributed by atoms with Gasteiger partial charge in [0.25, 0.3) is 0 Å². The standard InChI is InChI=1S/C18H18N4O4.C2H6/c1-13(12-26-14(2)23)6-5-11-20-18-17(22(24)25)9-8-16(21-18)15-7-3-4-10-19-15;1-2/h3-11H,12H2,1-2H3,(H,20,21);1-2H3/b11-5+,13-6+;. The van der Waals surface area contributed by atoms with Crippen molar-refractivity contribution in [3.8, 4) is 11.4 Å². The zero-order valence-electron chi connectivity index (χ0n) is 16.4. The zero-order valence-corrected chi connectivity index (χ0v) is 16.4. The molecule has 0 saturated heterocycles. The molecule has 2 heterocycles. The topological polar surface area (TPSA) is 107 Å². The van der Waals surface area contributed by atoms with Gasteiger partial charge in [0, 0.05) is 25.4 Å². The van der Waals surface area contributed by atoms with E-state index in [1.54, 1.807) is 43.5 Å². The van der Waals surface area contributed by atoms with Crippen molar-refractivity contribution in [2.24, 2.45) is 0 Å². The summed E-state index contributed by atoms with van der Waals surface area (Å²) >= 11 is 0. The molecule has 8 heteroatoms. The molecule has 1 N–H and O–H groups in total. The van der Waals surface area contributed by atoms with Crippen LogP contribution >= 0.6 is 0 Å². The molecule has 0 fully saturated rings. The van der Waals surface area contributed by atoms with Gasteiger partial charge in [0.2, 0.25) is 5.82 Å². The number of rotatable bonds is 7. The van der Waals surface area contributed by atoms with Gasteiger partial charge in [-0.25, -0.2) is 4.98 Å². The highest BCUT2D eigenvalue weighted by atomic mass is 16.6. The number of aromatic nitrogens is 2. The number of nitrogens with one attached hydrogen (secondary N) is 1. The maximum absolute atomic E-state index is 11.2. The predicted octanol–water partition coefficient (Wildman–Crippen LogP) is 4.51. The molecular formula is C20H24N4O4. The number of esters is 1. The summed E-state index contributed by atoms with van der Waals surface area (Å²) in [5, 5.41) is 14.0. The molecule has 0 bridgehead atoms. The first-order valence-electron chi connectivity index (χ1n) is 8.76. The quantitative estimate of drug-likeness (QED) is 0.324. The van der Waals surface area contributed by atoms with Crippen LogP contribution in [0, 0.1) is 10.1 Å². The van der Waals surface area contributed by atoms with Gasteiger partial charge in [-0.3, -0.25) is 19.9 Å². The third-order valence-corrected chi connectivity index (χ3v) is 3.20. The van der Waals surface area contributed by atoms with Gasteiger partial charge in [0.1, 0.15) is 6.61 Å². The summed E-state index contributed by atoms with van der Waals surface area (Å²) in [5.74, 6) is -0.244. The second-order valence-electron chi connectivity index (χ2n) is 5.33. The molecule has 2 aromatic rings.